The van der Waals surface area contributed by atoms with Crippen LogP contribution in [0.5, 0.6) is 0 Å². The number of fused-ring (bicyclic) bond motifs is 1. The van der Waals surface area contributed by atoms with Gasteiger partial charge in [0.05, 0.1) is 6.61 Å². The Hall–Kier alpha value is -4.42. The molecular weight excluding hydrogens is 580 g/mol. The van der Waals surface area contributed by atoms with E-state index in [9.17, 15) is 19.2 Å². The second-order valence-electron chi connectivity index (χ2n) is 12.3. The lowest BCUT2D eigenvalue weighted by molar-refractivity contribution is -0.135. The third kappa shape index (κ3) is 7.81. The van der Waals surface area contributed by atoms with Crippen LogP contribution < -0.4 is 10.2 Å². The zero-order valence-corrected chi connectivity index (χ0v) is 26.1. The Morgan fingerprint density at radius 3 is 2.29 bits per heavy atom. The summed E-state index contributed by atoms with van der Waals surface area (Å²) in [6.07, 6.45) is 0.235. The van der Waals surface area contributed by atoms with Crippen molar-refractivity contribution in [3.63, 3.8) is 0 Å². The number of nitrogens with zero attached hydrogens (tertiary/aromatic N) is 5. The van der Waals surface area contributed by atoms with Crippen molar-refractivity contribution >= 4 is 29.9 Å². The molecule has 0 spiro atoms. The maximum absolute atomic E-state index is 13.7. The molecule has 3 amide bonds. The first kappa shape index (κ1) is 32.0. The van der Waals surface area contributed by atoms with Crippen LogP contribution in [0.1, 0.15) is 50.5 Å². The number of amides is 3. The molecular formula is C32H42N6O7. The van der Waals surface area contributed by atoms with E-state index in [1.54, 1.807) is 15.9 Å². The highest BCUT2D eigenvalue weighted by Gasteiger charge is 2.59. The average molecular weight is 623 g/mol. The summed E-state index contributed by atoms with van der Waals surface area (Å²) in [6, 6.07) is 10.2. The summed E-state index contributed by atoms with van der Waals surface area (Å²) in [4.78, 5) is 65.4. The van der Waals surface area contributed by atoms with Gasteiger partial charge in [0.15, 0.2) is 5.82 Å². The number of piperidine rings is 1. The maximum atomic E-state index is 13.7. The van der Waals surface area contributed by atoms with Gasteiger partial charge in [-0.3, -0.25) is 9.59 Å². The minimum atomic E-state index is -1.27. The van der Waals surface area contributed by atoms with E-state index in [0.717, 1.165) is 18.4 Å². The van der Waals surface area contributed by atoms with Crippen LogP contribution in [0.25, 0.3) is 11.4 Å². The Kier molecular flexibility index (Phi) is 10.0. The highest BCUT2D eigenvalue weighted by molar-refractivity contribution is 5.97. The summed E-state index contributed by atoms with van der Waals surface area (Å²) in [5.41, 5.74) is 0.879. The van der Waals surface area contributed by atoms with Crippen molar-refractivity contribution in [2.24, 2.45) is 17.8 Å². The van der Waals surface area contributed by atoms with Crippen LogP contribution in [-0.4, -0.2) is 107 Å². The Morgan fingerprint density at radius 2 is 1.67 bits per heavy atom. The number of carbonyl (C=O) groups is 4. The van der Waals surface area contributed by atoms with Gasteiger partial charge in [-0.05, 0) is 18.8 Å². The maximum Gasteiger partial charge on any atom is 0.506 e. The van der Waals surface area contributed by atoms with Crippen LogP contribution >= 0.6 is 0 Å². The minimum Gasteiger partial charge on any atom is -0.450 e. The SMILES string of the molecule is CCCCOC(=O)N1CCN(C(=O)[C@H](CC(C)C)NC(=O)c2cc(N3C[C@@H]4[C@H](C3)[C@@H]4OC(=O)O)nc(-c3ccccc3)n2)CC1. The Morgan fingerprint density at radius 1 is 1.00 bits per heavy atom. The number of hydrogen-bond acceptors (Lipinski definition) is 9. The number of rotatable bonds is 11. The van der Waals surface area contributed by atoms with E-state index in [4.69, 9.17) is 19.6 Å². The molecule has 2 saturated heterocycles. The van der Waals surface area contributed by atoms with Crippen LogP contribution in [0.4, 0.5) is 15.4 Å². The standard InChI is InChI=1S/C32H42N6O7/c1-4-5-15-44-31(41)37-13-11-36(12-14-37)30(40)25(16-20(2)3)34-29(39)24-17-26(35-28(33-24)21-9-7-6-8-10-21)38-18-22-23(19-38)27(22)45-32(42)43/h6-10,17,20,22-23,25,27H,4-5,11-16,18-19H2,1-3H3,(H,34,39)(H,42,43)/t22-,23+,25-,27-/m0/s1. The van der Waals surface area contributed by atoms with E-state index in [1.807, 2.05) is 56.0 Å². The lowest BCUT2D eigenvalue weighted by Gasteiger charge is -2.36. The summed E-state index contributed by atoms with van der Waals surface area (Å²) in [7, 11) is 0. The largest absolute Gasteiger partial charge is 0.506 e. The first-order chi connectivity index (χ1) is 21.6. The molecule has 13 heteroatoms. The molecule has 13 nitrogen and oxygen atoms in total. The second kappa shape index (κ2) is 14.1. The Bertz CT molecular complexity index is 1370. The molecule has 0 radical (unpaired) electrons. The number of carbonyl (C=O) groups excluding carboxylic acids is 3. The first-order valence-electron chi connectivity index (χ1n) is 15.7. The molecule has 0 unspecified atom stereocenters. The van der Waals surface area contributed by atoms with E-state index in [-0.39, 0.29) is 41.6 Å². The van der Waals surface area contributed by atoms with Gasteiger partial charge in [-0.25, -0.2) is 19.6 Å². The van der Waals surface area contributed by atoms with Gasteiger partial charge >= 0.3 is 12.2 Å². The zero-order chi connectivity index (χ0) is 32.1. The number of aromatic nitrogens is 2. The Labute approximate surface area is 262 Å². The number of hydrogen-bond donors (Lipinski definition) is 2. The zero-order valence-electron chi connectivity index (χ0n) is 26.1. The van der Waals surface area contributed by atoms with Gasteiger partial charge in [-0.15, -0.1) is 0 Å². The van der Waals surface area contributed by atoms with Crippen molar-refractivity contribution in [3.8, 4) is 11.4 Å². The second-order valence-corrected chi connectivity index (χ2v) is 12.3. The molecule has 45 heavy (non-hydrogen) atoms. The lowest BCUT2D eigenvalue weighted by atomic mass is 10.0. The summed E-state index contributed by atoms with van der Waals surface area (Å²) in [6.45, 7) is 8.95. The minimum absolute atomic E-state index is 0.0835. The fourth-order valence-electron chi connectivity index (χ4n) is 6.03. The quantitative estimate of drug-likeness (QED) is 0.281. The van der Waals surface area contributed by atoms with Crippen LogP contribution in [0.3, 0.4) is 0 Å². The molecule has 1 saturated carbocycles. The molecule has 1 aromatic heterocycles. The van der Waals surface area contributed by atoms with Gasteiger partial charge in [0.1, 0.15) is 23.7 Å². The van der Waals surface area contributed by atoms with Gasteiger partial charge in [0.25, 0.3) is 5.91 Å². The summed E-state index contributed by atoms with van der Waals surface area (Å²) in [5, 5.41) is 11.9. The molecule has 2 N–H and O–H groups in total. The molecule has 2 aromatic rings. The molecule has 2 aliphatic heterocycles. The predicted molar refractivity (Wildman–Crippen MR) is 165 cm³/mol. The van der Waals surface area contributed by atoms with Gasteiger partial charge < -0.3 is 34.6 Å². The molecule has 4 atom stereocenters. The average Bonchev–Trinajstić information content (AvgIpc) is 3.44. The van der Waals surface area contributed by atoms with Crippen molar-refractivity contribution in [2.75, 3.05) is 50.8 Å². The van der Waals surface area contributed by atoms with E-state index >= 15 is 0 Å². The number of nitrogens with one attached hydrogen (secondary N) is 1. The third-order valence-corrected chi connectivity index (χ3v) is 8.54. The van der Waals surface area contributed by atoms with Crippen molar-refractivity contribution in [3.05, 3.63) is 42.1 Å². The molecule has 5 rings (SSSR count). The molecule has 3 aliphatic rings. The van der Waals surface area contributed by atoms with Crippen molar-refractivity contribution in [1.82, 2.24) is 25.1 Å². The molecule has 0 bridgehead atoms. The highest BCUT2D eigenvalue weighted by Crippen LogP contribution is 2.48. The highest BCUT2D eigenvalue weighted by atomic mass is 16.7. The summed E-state index contributed by atoms with van der Waals surface area (Å²) >= 11 is 0. The molecule has 1 aliphatic carbocycles. The van der Waals surface area contributed by atoms with E-state index in [1.165, 1.54) is 0 Å². The van der Waals surface area contributed by atoms with Crippen molar-refractivity contribution in [1.29, 1.82) is 0 Å². The number of carboxylic acid groups (broad SMARTS) is 1. The van der Waals surface area contributed by atoms with Crippen molar-refractivity contribution < 1.29 is 33.8 Å². The normalized spacial score (nSPS) is 21.2. The van der Waals surface area contributed by atoms with E-state index in [0.29, 0.717) is 63.9 Å². The molecule has 1 aromatic carbocycles. The summed E-state index contributed by atoms with van der Waals surface area (Å²) < 4.78 is 10.3. The topological polar surface area (TPSA) is 154 Å². The fourth-order valence-corrected chi connectivity index (χ4v) is 6.03. The van der Waals surface area contributed by atoms with Gasteiger partial charge in [0, 0.05) is 62.7 Å². The third-order valence-electron chi connectivity index (χ3n) is 8.54. The van der Waals surface area contributed by atoms with Gasteiger partial charge in [-0.1, -0.05) is 57.5 Å². The van der Waals surface area contributed by atoms with E-state index in [2.05, 4.69) is 10.3 Å². The number of anilines is 1. The molecule has 3 fully saturated rings. The number of unbranched alkanes of at least 4 members (excludes halogenated alkanes) is 1. The van der Waals surface area contributed by atoms with Gasteiger partial charge in [-0.2, -0.15) is 0 Å². The monoisotopic (exact) mass is 622 g/mol. The predicted octanol–water partition coefficient (Wildman–Crippen LogP) is 3.50. The number of piperazine rings is 1. The summed E-state index contributed by atoms with van der Waals surface area (Å²) in [5.74, 6) is 0.560. The Balaban J connectivity index is 1.29. The first-order valence-corrected chi connectivity index (χ1v) is 15.7. The van der Waals surface area contributed by atoms with Gasteiger partial charge in [0.2, 0.25) is 5.91 Å². The van der Waals surface area contributed by atoms with Crippen LogP contribution in [0.15, 0.2) is 36.4 Å². The number of benzene rings is 1. The van der Waals surface area contributed by atoms with Crippen LogP contribution in [0.2, 0.25) is 0 Å². The molecule has 3 heterocycles. The number of ether oxygens (including phenoxy) is 2. The smallest absolute Gasteiger partial charge is 0.450 e. The van der Waals surface area contributed by atoms with E-state index < -0.39 is 18.1 Å². The fraction of sp³-hybridized carbons (Fsp3) is 0.562. The van der Waals surface area contributed by atoms with Crippen LogP contribution in [0, 0.1) is 17.8 Å². The lowest BCUT2D eigenvalue weighted by Crippen LogP contribution is -2.56. The van der Waals surface area contributed by atoms with Crippen molar-refractivity contribution in [2.45, 2.75) is 52.2 Å². The molecule has 242 valence electrons. The van der Waals surface area contributed by atoms with Crippen LogP contribution in [-0.2, 0) is 14.3 Å².